The zero-order chi connectivity index (χ0) is 15.1. The molecule has 1 saturated heterocycles. The van der Waals surface area contributed by atoms with E-state index < -0.39 is 0 Å². The van der Waals surface area contributed by atoms with Crippen molar-refractivity contribution in [1.29, 1.82) is 0 Å². The summed E-state index contributed by atoms with van der Waals surface area (Å²) in [5.41, 5.74) is 1.14. The van der Waals surface area contributed by atoms with Gasteiger partial charge in [-0.2, -0.15) is 0 Å². The highest BCUT2D eigenvalue weighted by molar-refractivity contribution is 6.30. The predicted molar refractivity (Wildman–Crippen MR) is 86.8 cm³/mol. The van der Waals surface area contributed by atoms with Crippen LogP contribution < -0.4 is 5.32 Å². The van der Waals surface area contributed by atoms with E-state index in [1.165, 1.54) is 0 Å². The highest BCUT2D eigenvalue weighted by Crippen LogP contribution is 2.23. The molecule has 0 aliphatic carbocycles. The Kier molecular flexibility index (Phi) is 6.97. The van der Waals surface area contributed by atoms with Gasteiger partial charge in [-0.15, -0.1) is 0 Å². The van der Waals surface area contributed by atoms with Gasteiger partial charge in [-0.1, -0.05) is 37.6 Å². The van der Waals surface area contributed by atoms with Gasteiger partial charge in [-0.25, -0.2) is 0 Å². The molecule has 0 bridgehead atoms. The lowest BCUT2D eigenvalue weighted by atomic mass is 10.0. The normalized spacial score (nSPS) is 18.1. The summed E-state index contributed by atoms with van der Waals surface area (Å²) in [6.45, 7) is 7.61. The topological polar surface area (TPSA) is 30.5 Å². The van der Waals surface area contributed by atoms with E-state index in [9.17, 15) is 0 Å². The van der Waals surface area contributed by atoms with Gasteiger partial charge in [-0.05, 0) is 36.5 Å². The molecule has 1 N–H and O–H groups in total. The molecule has 4 heteroatoms. The molecule has 0 saturated carbocycles. The molecule has 0 radical (unpaired) electrons. The van der Waals surface area contributed by atoms with Crippen molar-refractivity contribution in [2.75, 3.05) is 26.4 Å². The fourth-order valence-corrected chi connectivity index (χ4v) is 2.69. The zero-order valence-electron chi connectivity index (χ0n) is 13.0. The minimum atomic E-state index is 0.0499. The van der Waals surface area contributed by atoms with Crippen molar-refractivity contribution in [3.63, 3.8) is 0 Å². The molecule has 1 heterocycles. The Morgan fingerprint density at radius 3 is 2.76 bits per heavy atom. The summed E-state index contributed by atoms with van der Waals surface area (Å²) < 4.78 is 11.6. The second-order valence-electron chi connectivity index (χ2n) is 6.00. The Morgan fingerprint density at radius 2 is 2.10 bits per heavy atom. The van der Waals surface area contributed by atoms with E-state index in [1.54, 1.807) is 0 Å². The van der Waals surface area contributed by atoms with Crippen molar-refractivity contribution in [2.24, 2.45) is 5.92 Å². The minimum Gasteiger partial charge on any atom is -0.381 e. The van der Waals surface area contributed by atoms with E-state index in [0.29, 0.717) is 12.0 Å². The number of hydrogen-bond acceptors (Lipinski definition) is 3. The second-order valence-corrected chi connectivity index (χ2v) is 6.43. The molecule has 1 atom stereocenters. The number of nitrogens with one attached hydrogen (secondary N) is 1. The molecule has 0 amide bonds. The SMILES string of the molecule is CC(C)NCC(OCC1CCOCC1)c1cccc(Cl)c1. The van der Waals surface area contributed by atoms with Crippen LogP contribution >= 0.6 is 11.6 Å². The van der Waals surface area contributed by atoms with Crippen LogP contribution in [0.3, 0.4) is 0 Å². The summed E-state index contributed by atoms with van der Waals surface area (Å²) in [5.74, 6) is 0.611. The van der Waals surface area contributed by atoms with Crippen molar-refractivity contribution < 1.29 is 9.47 Å². The van der Waals surface area contributed by atoms with Crippen LogP contribution in [0, 0.1) is 5.92 Å². The lowest BCUT2D eigenvalue weighted by Crippen LogP contribution is -2.30. The van der Waals surface area contributed by atoms with Crippen molar-refractivity contribution in [3.8, 4) is 0 Å². The third kappa shape index (κ3) is 5.95. The predicted octanol–water partition coefficient (Wildman–Crippen LogP) is 3.82. The maximum absolute atomic E-state index is 6.20. The summed E-state index contributed by atoms with van der Waals surface area (Å²) in [5, 5.41) is 4.22. The molecule has 0 aromatic heterocycles. The van der Waals surface area contributed by atoms with Crippen molar-refractivity contribution >= 4 is 11.6 Å². The molecular weight excluding hydrogens is 286 g/mol. The Labute approximate surface area is 133 Å². The first-order valence-corrected chi connectivity index (χ1v) is 8.21. The number of rotatable bonds is 7. The zero-order valence-corrected chi connectivity index (χ0v) is 13.7. The lowest BCUT2D eigenvalue weighted by molar-refractivity contribution is -0.0119. The molecule has 1 unspecified atom stereocenters. The van der Waals surface area contributed by atoms with Gasteiger partial charge in [0.25, 0.3) is 0 Å². The molecule has 0 spiro atoms. The van der Waals surface area contributed by atoms with Crippen LogP contribution in [-0.4, -0.2) is 32.4 Å². The molecule has 1 aliphatic heterocycles. The van der Waals surface area contributed by atoms with E-state index >= 15 is 0 Å². The fourth-order valence-electron chi connectivity index (χ4n) is 2.49. The van der Waals surface area contributed by atoms with Crippen molar-refractivity contribution in [3.05, 3.63) is 34.9 Å². The van der Waals surface area contributed by atoms with Crippen LogP contribution in [0.25, 0.3) is 0 Å². The van der Waals surface area contributed by atoms with Gasteiger partial charge in [0.05, 0.1) is 12.7 Å². The van der Waals surface area contributed by atoms with Crippen LogP contribution in [0.4, 0.5) is 0 Å². The largest absolute Gasteiger partial charge is 0.381 e. The number of ether oxygens (including phenoxy) is 2. The molecule has 3 nitrogen and oxygen atoms in total. The Hall–Kier alpha value is -0.610. The molecule has 1 aliphatic rings. The smallest absolute Gasteiger partial charge is 0.0949 e. The van der Waals surface area contributed by atoms with Crippen LogP contribution in [0.2, 0.25) is 5.02 Å². The van der Waals surface area contributed by atoms with Crippen molar-refractivity contribution in [1.82, 2.24) is 5.32 Å². The Morgan fingerprint density at radius 1 is 1.33 bits per heavy atom. The molecule has 1 aromatic rings. The van der Waals surface area contributed by atoms with Crippen LogP contribution in [0.1, 0.15) is 38.4 Å². The Bertz CT molecular complexity index is 419. The quantitative estimate of drug-likeness (QED) is 0.830. The fraction of sp³-hybridized carbons (Fsp3) is 0.647. The maximum atomic E-state index is 6.20. The molecular formula is C17H26ClNO2. The number of benzene rings is 1. The van der Waals surface area contributed by atoms with Gasteiger partial charge in [0, 0.05) is 30.8 Å². The van der Waals surface area contributed by atoms with E-state index in [-0.39, 0.29) is 6.10 Å². The first-order chi connectivity index (χ1) is 10.1. The third-order valence-corrected chi connectivity index (χ3v) is 4.04. The first-order valence-electron chi connectivity index (χ1n) is 7.83. The average Bonchev–Trinajstić information content (AvgIpc) is 2.48. The standard InChI is InChI=1S/C17H26ClNO2/c1-13(2)19-11-17(15-4-3-5-16(18)10-15)21-12-14-6-8-20-9-7-14/h3-5,10,13-14,17,19H,6-9,11-12H2,1-2H3. The lowest BCUT2D eigenvalue weighted by Gasteiger charge is -2.26. The molecule has 1 fully saturated rings. The van der Waals surface area contributed by atoms with Gasteiger partial charge in [0.2, 0.25) is 0 Å². The van der Waals surface area contributed by atoms with Crippen molar-refractivity contribution in [2.45, 2.75) is 38.8 Å². The van der Waals surface area contributed by atoms with Crippen LogP contribution in [-0.2, 0) is 9.47 Å². The number of halogens is 1. The molecule has 2 rings (SSSR count). The average molecular weight is 312 g/mol. The maximum Gasteiger partial charge on any atom is 0.0949 e. The second kappa shape index (κ2) is 8.74. The van der Waals surface area contributed by atoms with E-state index in [2.05, 4.69) is 25.2 Å². The van der Waals surface area contributed by atoms with Gasteiger partial charge >= 0.3 is 0 Å². The highest BCUT2D eigenvalue weighted by atomic mass is 35.5. The minimum absolute atomic E-state index is 0.0499. The molecule has 21 heavy (non-hydrogen) atoms. The van der Waals surface area contributed by atoms with E-state index in [4.69, 9.17) is 21.1 Å². The van der Waals surface area contributed by atoms with Crippen LogP contribution in [0.15, 0.2) is 24.3 Å². The van der Waals surface area contributed by atoms with Gasteiger partial charge < -0.3 is 14.8 Å². The monoisotopic (exact) mass is 311 g/mol. The summed E-state index contributed by atoms with van der Waals surface area (Å²) in [7, 11) is 0. The van der Waals surface area contributed by atoms with Crippen LogP contribution in [0.5, 0.6) is 0 Å². The molecule has 118 valence electrons. The van der Waals surface area contributed by atoms with E-state index in [0.717, 1.165) is 49.8 Å². The highest BCUT2D eigenvalue weighted by Gasteiger charge is 2.18. The van der Waals surface area contributed by atoms with E-state index in [1.807, 2.05) is 18.2 Å². The molecule has 1 aromatic carbocycles. The summed E-state index contributed by atoms with van der Waals surface area (Å²) in [6, 6.07) is 8.41. The van der Waals surface area contributed by atoms with Gasteiger partial charge in [0.15, 0.2) is 0 Å². The first kappa shape index (κ1) is 16.8. The third-order valence-electron chi connectivity index (χ3n) is 3.81. The summed E-state index contributed by atoms with van der Waals surface area (Å²) >= 11 is 6.11. The Balaban J connectivity index is 1.94. The van der Waals surface area contributed by atoms with Gasteiger partial charge in [0.1, 0.15) is 0 Å². The van der Waals surface area contributed by atoms with Gasteiger partial charge in [-0.3, -0.25) is 0 Å². The number of hydrogen-bond donors (Lipinski definition) is 1. The summed E-state index contributed by atoms with van der Waals surface area (Å²) in [4.78, 5) is 0. The summed E-state index contributed by atoms with van der Waals surface area (Å²) in [6.07, 6.45) is 2.24.